The summed E-state index contributed by atoms with van der Waals surface area (Å²) in [6.45, 7) is 3.47. The number of hydrogen-bond donors (Lipinski definition) is 4. The van der Waals surface area contributed by atoms with Gasteiger partial charge in [0.2, 0.25) is 11.9 Å². The zero-order chi connectivity index (χ0) is 11.1. The van der Waals surface area contributed by atoms with E-state index in [-0.39, 0.29) is 11.9 Å². The molecule has 1 aliphatic rings. The van der Waals surface area contributed by atoms with E-state index in [1.54, 1.807) is 0 Å². The van der Waals surface area contributed by atoms with Gasteiger partial charge in [-0.1, -0.05) is 6.92 Å². The summed E-state index contributed by atoms with van der Waals surface area (Å²) in [5, 5.41) is 5.90. The number of carbonyl (C=O) groups is 1. The molecule has 1 unspecified atom stereocenters. The second kappa shape index (κ2) is 6.23. The lowest BCUT2D eigenvalue weighted by atomic mass is 10.2. The zero-order valence-corrected chi connectivity index (χ0v) is 9.05. The Labute approximate surface area is 89.7 Å². The van der Waals surface area contributed by atoms with Crippen LogP contribution in [0.2, 0.25) is 0 Å². The van der Waals surface area contributed by atoms with Crippen molar-refractivity contribution in [2.24, 2.45) is 10.8 Å². The number of guanidine groups is 1. The highest BCUT2D eigenvalue weighted by atomic mass is 16.1. The van der Waals surface area contributed by atoms with Gasteiger partial charge in [-0.05, 0) is 12.8 Å². The molecule has 15 heavy (non-hydrogen) atoms. The zero-order valence-electron chi connectivity index (χ0n) is 9.05. The minimum Gasteiger partial charge on any atom is -0.355 e. The van der Waals surface area contributed by atoms with Crippen LogP contribution >= 0.6 is 0 Å². The predicted octanol–water partition coefficient (Wildman–Crippen LogP) is -0.916. The first kappa shape index (κ1) is 11.8. The van der Waals surface area contributed by atoms with Crippen LogP contribution in [0.4, 0.5) is 0 Å². The molecule has 0 spiro atoms. The molecule has 1 heterocycles. The largest absolute Gasteiger partial charge is 0.355 e. The number of amides is 1. The normalized spacial score (nSPS) is 21.3. The maximum absolute atomic E-state index is 10.9. The van der Waals surface area contributed by atoms with E-state index in [2.05, 4.69) is 28.0 Å². The van der Waals surface area contributed by atoms with Crippen molar-refractivity contribution in [3.8, 4) is 0 Å². The summed E-state index contributed by atoms with van der Waals surface area (Å²) in [5.74, 6) is 5.99. The molecule has 0 aliphatic carbocycles. The molecule has 0 aromatic heterocycles. The van der Waals surface area contributed by atoms with Crippen molar-refractivity contribution in [1.29, 1.82) is 0 Å². The van der Waals surface area contributed by atoms with E-state index >= 15 is 0 Å². The highest BCUT2D eigenvalue weighted by Gasteiger charge is 2.19. The summed E-state index contributed by atoms with van der Waals surface area (Å²) in [7, 11) is 0. The molecule has 1 rings (SSSR count). The molecular weight excluding hydrogens is 194 g/mol. The first-order chi connectivity index (χ1) is 7.26. The Morgan fingerprint density at radius 1 is 1.73 bits per heavy atom. The number of hydrazine groups is 1. The second-order valence-electron chi connectivity index (χ2n) is 3.56. The van der Waals surface area contributed by atoms with Crippen LogP contribution in [0.1, 0.15) is 26.2 Å². The number of hydrogen-bond acceptors (Lipinski definition) is 3. The van der Waals surface area contributed by atoms with Gasteiger partial charge in [-0.15, -0.1) is 0 Å². The Balaban J connectivity index is 2.30. The molecule has 1 amide bonds. The van der Waals surface area contributed by atoms with E-state index in [0.717, 1.165) is 19.4 Å². The van der Waals surface area contributed by atoms with Crippen LogP contribution in [0, 0.1) is 0 Å². The van der Waals surface area contributed by atoms with Gasteiger partial charge in [-0.25, -0.2) is 5.84 Å². The Morgan fingerprint density at radius 3 is 3.07 bits per heavy atom. The van der Waals surface area contributed by atoms with Crippen molar-refractivity contribution >= 4 is 11.9 Å². The fourth-order valence-electron chi connectivity index (χ4n) is 1.41. The fraction of sp³-hybridized carbons (Fsp3) is 0.778. The van der Waals surface area contributed by atoms with Crippen LogP contribution in [-0.2, 0) is 4.79 Å². The summed E-state index contributed by atoms with van der Waals surface area (Å²) in [6.07, 6.45) is 2.47. The first-order valence-corrected chi connectivity index (χ1v) is 5.30. The van der Waals surface area contributed by atoms with Gasteiger partial charge in [0.1, 0.15) is 0 Å². The summed E-state index contributed by atoms with van der Waals surface area (Å²) in [6, 6.07) is 0.157. The third-order valence-corrected chi connectivity index (χ3v) is 2.23. The van der Waals surface area contributed by atoms with Crippen LogP contribution < -0.4 is 21.9 Å². The molecular formula is C9H19N5O. The first-order valence-electron chi connectivity index (χ1n) is 5.30. The van der Waals surface area contributed by atoms with Crippen molar-refractivity contribution in [3.05, 3.63) is 0 Å². The minimum atomic E-state index is 0.110. The molecule has 6 nitrogen and oxygen atoms in total. The molecule has 1 atom stereocenters. The fourth-order valence-corrected chi connectivity index (χ4v) is 1.41. The van der Waals surface area contributed by atoms with E-state index in [1.165, 1.54) is 0 Å². The average Bonchev–Trinajstić information content (AvgIpc) is 2.65. The Kier molecular flexibility index (Phi) is 4.89. The van der Waals surface area contributed by atoms with E-state index in [9.17, 15) is 4.79 Å². The molecule has 0 aromatic rings. The van der Waals surface area contributed by atoms with Crippen LogP contribution in [0.15, 0.2) is 4.99 Å². The number of rotatable bonds is 4. The van der Waals surface area contributed by atoms with Gasteiger partial charge in [0.25, 0.3) is 0 Å². The van der Waals surface area contributed by atoms with Crippen molar-refractivity contribution in [3.63, 3.8) is 0 Å². The number of carbonyl (C=O) groups excluding carboxylic acids is 1. The lowest BCUT2D eigenvalue weighted by molar-refractivity contribution is -0.119. The van der Waals surface area contributed by atoms with Crippen molar-refractivity contribution in [1.82, 2.24) is 16.1 Å². The van der Waals surface area contributed by atoms with Crippen molar-refractivity contribution in [2.45, 2.75) is 32.2 Å². The molecule has 6 heteroatoms. The summed E-state index contributed by atoms with van der Waals surface area (Å²) in [4.78, 5) is 15.2. The standard InChI is InChI=1S/C9H19N5O/c1-2-5-11-9(14-10)12-6-7-3-4-8(15)13-7/h7H,2-6,10H2,1H3,(H,13,15)(H2,11,12,14). The Bertz CT molecular complexity index is 241. The summed E-state index contributed by atoms with van der Waals surface area (Å²) < 4.78 is 0. The van der Waals surface area contributed by atoms with Crippen LogP contribution in [0.25, 0.3) is 0 Å². The second-order valence-corrected chi connectivity index (χ2v) is 3.56. The molecule has 1 saturated heterocycles. The smallest absolute Gasteiger partial charge is 0.220 e. The molecule has 0 aromatic carbocycles. The van der Waals surface area contributed by atoms with Crippen molar-refractivity contribution < 1.29 is 4.79 Å². The van der Waals surface area contributed by atoms with Crippen LogP contribution in [-0.4, -0.2) is 31.0 Å². The van der Waals surface area contributed by atoms with Gasteiger partial charge >= 0.3 is 0 Å². The Morgan fingerprint density at radius 2 is 2.53 bits per heavy atom. The lowest BCUT2D eigenvalue weighted by Gasteiger charge is -2.10. The van der Waals surface area contributed by atoms with Gasteiger partial charge in [0, 0.05) is 19.0 Å². The molecule has 5 N–H and O–H groups in total. The molecule has 86 valence electrons. The third-order valence-electron chi connectivity index (χ3n) is 2.23. The highest BCUT2D eigenvalue weighted by Crippen LogP contribution is 2.06. The highest BCUT2D eigenvalue weighted by molar-refractivity contribution is 5.80. The van der Waals surface area contributed by atoms with Gasteiger partial charge < -0.3 is 10.6 Å². The predicted molar refractivity (Wildman–Crippen MR) is 59.1 cm³/mol. The third kappa shape index (κ3) is 4.16. The monoisotopic (exact) mass is 213 g/mol. The maximum Gasteiger partial charge on any atom is 0.220 e. The minimum absolute atomic E-state index is 0.110. The number of nitrogens with one attached hydrogen (secondary N) is 3. The van der Waals surface area contributed by atoms with Gasteiger partial charge in [0.05, 0.1) is 6.54 Å². The Hall–Kier alpha value is -1.30. The maximum atomic E-state index is 10.9. The molecule has 0 saturated carbocycles. The lowest BCUT2D eigenvalue weighted by Crippen LogP contribution is -2.42. The number of nitrogens with zero attached hydrogens (tertiary/aromatic N) is 1. The van der Waals surface area contributed by atoms with Gasteiger partial charge in [-0.3, -0.25) is 15.2 Å². The quantitative estimate of drug-likeness (QED) is 0.210. The van der Waals surface area contributed by atoms with Gasteiger partial charge in [0.15, 0.2) is 0 Å². The molecule has 0 radical (unpaired) electrons. The summed E-state index contributed by atoms with van der Waals surface area (Å²) in [5.41, 5.74) is 2.50. The average molecular weight is 213 g/mol. The SMILES string of the molecule is CCCNC(=NCC1CCC(=O)N1)NN. The summed E-state index contributed by atoms with van der Waals surface area (Å²) >= 11 is 0. The topological polar surface area (TPSA) is 91.5 Å². The van der Waals surface area contributed by atoms with Crippen LogP contribution in [0.5, 0.6) is 0 Å². The van der Waals surface area contributed by atoms with E-state index in [1.807, 2.05) is 0 Å². The van der Waals surface area contributed by atoms with Crippen LogP contribution in [0.3, 0.4) is 0 Å². The van der Waals surface area contributed by atoms with E-state index in [4.69, 9.17) is 5.84 Å². The number of aliphatic imine (C=N–C) groups is 1. The molecule has 1 aliphatic heterocycles. The molecule has 0 bridgehead atoms. The van der Waals surface area contributed by atoms with Gasteiger partial charge in [-0.2, -0.15) is 0 Å². The number of nitrogens with two attached hydrogens (primary N) is 1. The molecule has 1 fully saturated rings. The van der Waals surface area contributed by atoms with E-state index < -0.39 is 0 Å². The van der Waals surface area contributed by atoms with Crippen molar-refractivity contribution in [2.75, 3.05) is 13.1 Å². The van der Waals surface area contributed by atoms with E-state index in [0.29, 0.717) is 18.9 Å².